The number of urea groups is 1. The minimum atomic E-state index is -0.914. The lowest BCUT2D eigenvalue weighted by molar-refractivity contribution is -0.137. The first-order chi connectivity index (χ1) is 8.93. The second-order valence-electron chi connectivity index (χ2n) is 4.48. The van der Waals surface area contributed by atoms with Crippen LogP contribution in [0.4, 0.5) is 10.5 Å². The summed E-state index contributed by atoms with van der Waals surface area (Å²) in [5.74, 6) is -0.914. The Kier molecular flexibility index (Phi) is 5.29. The van der Waals surface area contributed by atoms with Gasteiger partial charge in [-0.2, -0.15) is 0 Å². The molecule has 0 bridgehead atoms. The molecule has 1 rings (SSSR count). The van der Waals surface area contributed by atoms with E-state index in [1.165, 1.54) is 9.80 Å². The average molecular weight is 265 g/mol. The highest BCUT2D eigenvalue weighted by Gasteiger charge is 2.22. The van der Waals surface area contributed by atoms with Crippen LogP contribution in [0.1, 0.15) is 20.3 Å². The lowest BCUT2D eigenvalue weighted by Crippen LogP contribution is -2.45. The highest BCUT2D eigenvalue weighted by molar-refractivity contribution is 5.91. The molecule has 6 nitrogen and oxygen atoms in total. The third kappa shape index (κ3) is 4.24. The maximum atomic E-state index is 12.3. The summed E-state index contributed by atoms with van der Waals surface area (Å²) >= 11 is 0. The lowest BCUT2D eigenvalue weighted by Gasteiger charge is -2.30. The Morgan fingerprint density at radius 1 is 1.42 bits per heavy atom. The predicted molar refractivity (Wildman–Crippen MR) is 72.1 cm³/mol. The molecule has 0 saturated heterocycles. The summed E-state index contributed by atoms with van der Waals surface area (Å²) in [5.41, 5.74) is 0.675. The summed E-state index contributed by atoms with van der Waals surface area (Å²) in [5, 5.41) is 8.72. The van der Waals surface area contributed by atoms with Crippen LogP contribution in [0.25, 0.3) is 0 Å². The molecule has 0 aliphatic carbocycles. The van der Waals surface area contributed by atoms with Crippen LogP contribution in [-0.4, -0.2) is 46.6 Å². The number of nitrogens with zero attached hydrogens (tertiary/aromatic N) is 3. The molecule has 1 aromatic rings. The van der Waals surface area contributed by atoms with Crippen molar-refractivity contribution in [3.05, 3.63) is 24.5 Å². The van der Waals surface area contributed by atoms with Gasteiger partial charge in [0.05, 0.1) is 18.3 Å². The Hall–Kier alpha value is -2.11. The van der Waals surface area contributed by atoms with E-state index in [1.54, 1.807) is 31.6 Å². The number of carboxylic acids is 1. The van der Waals surface area contributed by atoms with Gasteiger partial charge in [0.2, 0.25) is 0 Å². The first-order valence-electron chi connectivity index (χ1n) is 6.09. The summed E-state index contributed by atoms with van der Waals surface area (Å²) in [4.78, 5) is 29.9. The number of aliphatic carboxylic acids is 1. The number of carbonyl (C=O) groups is 2. The van der Waals surface area contributed by atoms with Crippen LogP contribution in [0, 0.1) is 0 Å². The summed E-state index contributed by atoms with van der Waals surface area (Å²) in [6.45, 7) is 3.91. The zero-order valence-corrected chi connectivity index (χ0v) is 11.4. The smallest absolute Gasteiger partial charge is 0.324 e. The van der Waals surface area contributed by atoms with Gasteiger partial charge in [0, 0.05) is 25.8 Å². The Morgan fingerprint density at radius 2 is 2.11 bits per heavy atom. The number of amides is 2. The van der Waals surface area contributed by atoms with Crippen LogP contribution in [0.3, 0.4) is 0 Å². The lowest BCUT2D eigenvalue weighted by atomic mass is 10.3. The molecule has 19 heavy (non-hydrogen) atoms. The van der Waals surface area contributed by atoms with Gasteiger partial charge < -0.3 is 10.0 Å². The number of aromatic nitrogens is 1. The third-order valence-electron chi connectivity index (χ3n) is 2.76. The van der Waals surface area contributed by atoms with Gasteiger partial charge in [-0.1, -0.05) is 0 Å². The van der Waals surface area contributed by atoms with E-state index in [4.69, 9.17) is 5.11 Å². The first kappa shape index (κ1) is 14.9. The summed E-state index contributed by atoms with van der Waals surface area (Å²) in [6.07, 6.45) is 3.16. The van der Waals surface area contributed by atoms with Crippen molar-refractivity contribution >= 4 is 17.7 Å². The van der Waals surface area contributed by atoms with Gasteiger partial charge in [-0.25, -0.2) is 4.79 Å². The number of pyridine rings is 1. The second-order valence-corrected chi connectivity index (χ2v) is 4.48. The molecule has 0 saturated carbocycles. The van der Waals surface area contributed by atoms with Gasteiger partial charge in [-0.15, -0.1) is 0 Å². The van der Waals surface area contributed by atoms with Gasteiger partial charge in [0.1, 0.15) is 0 Å². The van der Waals surface area contributed by atoms with Crippen molar-refractivity contribution in [3.63, 3.8) is 0 Å². The van der Waals surface area contributed by atoms with Gasteiger partial charge in [0.15, 0.2) is 0 Å². The molecule has 2 amide bonds. The maximum absolute atomic E-state index is 12.3. The molecule has 1 aromatic heterocycles. The molecule has 0 aromatic carbocycles. The standard InChI is InChI=1S/C13H19N3O3/c1-10(2)16(8-6-12(17)18)13(19)15(3)11-5-4-7-14-9-11/h4-5,7,9-10H,6,8H2,1-3H3,(H,17,18). The number of hydrogen-bond donors (Lipinski definition) is 1. The largest absolute Gasteiger partial charge is 0.481 e. The molecular formula is C13H19N3O3. The molecule has 0 aliphatic heterocycles. The first-order valence-corrected chi connectivity index (χ1v) is 6.09. The van der Waals surface area contributed by atoms with Gasteiger partial charge >= 0.3 is 12.0 Å². The van der Waals surface area contributed by atoms with Crippen molar-refractivity contribution < 1.29 is 14.7 Å². The van der Waals surface area contributed by atoms with E-state index in [0.717, 1.165) is 0 Å². The minimum Gasteiger partial charge on any atom is -0.481 e. The van der Waals surface area contributed by atoms with Crippen molar-refractivity contribution in [2.75, 3.05) is 18.5 Å². The van der Waals surface area contributed by atoms with Crippen molar-refractivity contribution in [2.24, 2.45) is 0 Å². The zero-order valence-electron chi connectivity index (χ0n) is 11.4. The zero-order chi connectivity index (χ0) is 14.4. The van der Waals surface area contributed by atoms with Crippen molar-refractivity contribution in [1.82, 2.24) is 9.88 Å². The fourth-order valence-electron chi connectivity index (χ4n) is 1.65. The van der Waals surface area contributed by atoms with Crippen LogP contribution < -0.4 is 4.90 Å². The van der Waals surface area contributed by atoms with Crippen LogP contribution in [-0.2, 0) is 4.79 Å². The monoisotopic (exact) mass is 265 g/mol. The number of carboxylic acid groups (broad SMARTS) is 1. The molecule has 0 fully saturated rings. The van der Waals surface area contributed by atoms with E-state index < -0.39 is 5.97 Å². The van der Waals surface area contributed by atoms with Crippen LogP contribution in [0.15, 0.2) is 24.5 Å². The molecule has 0 radical (unpaired) electrons. The Balaban J connectivity index is 2.79. The molecule has 0 unspecified atom stereocenters. The Labute approximate surface area is 112 Å². The van der Waals surface area contributed by atoms with E-state index >= 15 is 0 Å². The van der Waals surface area contributed by atoms with Crippen LogP contribution in [0.2, 0.25) is 0 Å². The maximum Gasteiger partial charge on any atom is 0.324 e. The van der Waals surface area contributed by atoms with Crippen LogP contribution >= 0.6 is 0 Å². The van der Waals surface area contributed by atoms with E-state index in [9.17, 15) is 9.59 Å². The average Bonchev–Trinajstić information content (AvgIpc) is 2.38. The molecule has 1 N–H and O–H groups in total. The topological polar surface area (TPSA) is 73.7 Å². The quantitative estimate of drug-likeness (QED) is 0.881. The minimum absolute atomic E-state index is 0.0639. The molecule has 1 heterocycles. The van der Waals surface area contributed by atoms with Crippen molar-refractivity contribution in [1.29, 1.82) is 0 Å². The van der Waals surface area contributed by atoms with E-state index in [2.05, 4.69) is 4.98 Å². The summed E-state index contributed by atoms with van der Waals surface area (Å²) < 4.78 is 0. The van der Waals surface area contributed by atoms with Crippen molar-refractivity contribution in [3.8, 4) is 0 Å². The number of carbonyl (C=O) groups excluding carboxylic acids is 1. The number of rotatable bonds is 5. The van der Waals surface area contributed by atoms with E-state index in [1.807, 2.05) is 13.8 Å². The molecule has 0 spiro atoms. The number of anilines is 1. The summed E-state index contributed by atoms with van der Waals surface area (Å²) in [6, 6.07) is 3.23. The Morgan fingerprint density at radius 3 is 2.58 bits per heavy atom. The number of hydrogen-bond acceptors (Lipinski definition) is 3. The molecule has 6 heteroatoms. The SMILES string of the molecule is CC(C)N(CCC(=O)O)C(=O)N(C)c1cccnc1. The van der Waals surface area contributed by atoms with Gasteiger partial charge in [0.25, 0.3) is 0 Å². The highest BCUT2D eigenvalue weighted by atomic mass is 16.4. The molecular weight excluding hydrogens is 246 g/mol. The van der Waals surface area contributed by atoms with E-state index in [-0.39, 0.29) is 25.0 Å². The summed E-state index contributed by atoms with van der Waals surface area (Å²) in [7, 11) is 1.65. The fraction of sp³-hybridized carbons (Fsp3) is 0.462. The van der Waals surface area contributed by atoms with Crippen molar-refractivity contribution in [2.45, 2.75) is 26.3 Å². The van der Waals surface area contributed by atoms with Gasteiger partial charge in [-0.05, 0) is 26.0 Å². The molecule has 0 aliphatic rings. The normalized spacial score (nSPS) is 10.3. The molecule has 0 atom stereocenters. The predicted octanol–water partition coefficient (Wildman–Crippen LogP) is 1.82. The third-order valence-corrected chi connectivity index (χ3v) is 2.76. The second kappa shape index (κ2) is 6.72. The Bertz CT molecular complexity index is 434. The highest BCUT2D eigenvalue weighted by Crippen LogP contribution is 2.13. The van der Waals surface area contributed by atoms with E-state index in [0.29, 0.717) is 5.69 Å². The fourth-order valence-corrected chi connectivity index (χ4v) is 1.65. The molecule has 104 valence electrons. The van der Waals surface area contributed by atoms with Gasteiger partial charge in [-0.3, -0.25) is 14.7 Å². The van der Waals surface area contributed by atoms with Crippen LogP contribution in [0.5, 0.6) is 0 Å².